The summed E-state index contributed by atoms with van der Waals surface area (Å²) in [5.41, 5.74) is 2.62. The molecule has 3 heterocycles. The van der Waals surface area contributed by atoms with Gasteiger partial charge in [0.1, 0.15) is 17.9 Å². The highest BCUT2D eigenvalue weighted by Crippen LogP contribution is 2.29. The predicted molar refractivity (Wildman–Crippen MR) is 98.2 cm³/mol. The van der Waals surface area contributed by atoms with Crippen LogP contribution in [0.25, 0.3) is 15.9 Å². The first-order chi connectivity index (χ1) is 12.7. The molecule has 1 aliphatic rings. The second-order valence-electron chi connectivity index (χ2n) is 6.29. The van der Waals surface area contributed by atoms with Crippen LogP contribution in [0, 0.1) is 0 Å². The highest BCUT2D eigenvalue weighted by molar-refractivity contribution is 7.15. The van der Waals surface area contributed by atoms with Gasteiger partial charge in [0.05, 0.1) is 5.69 Å². The summed E-state index contributed by atoms with van der Waals surface area (Å²) in [5.74, 6) is 0.576. The average molecular weight is 366 g/mol. The Bertz CT molecular complexity index is 1270. The number of hydrogen-bond donors (Lipinski definition) is 0. The van der Waals surface area contributed by atoms with Crippen LogP contribution in [0.2, 0.25) is 0 Å². The Hall–Kier alpha value is -2.93. The van der Waals surface area contributed by atoms with Gasteiger partial charge in [-0.25, -0.2) is 9.78 Å². The number of rotatable bonds is 3. The lowest BCUT2D eigenvalue weighted by atomic mass is 10.1. The number of hydrogen-bond acceptors (Lipinski definition) is 6. The smallest absolute Gasteiger partial charge is 0.339 e. The minimum Gasteiger partial charge on any atom is -0.487 e. The molecule has 0 amide bonds. The zero-order chi connectivity index (χ0) is 17.7. The van der Waals surface area contributed by atoms with Crippen molar-refractivity contribution in [2.24, 2.45) is 0 Å². The van der Waals surface area contributed by atoms with E-state index in [0.29, 0.717) is 22.0 Å². The number of ether oxygens (including phenoxy) is 1. The van der Waals surface area contributed by atoms with Crippen molar-refractivity contribution in [2.45, 2.75) is 25.9 Å². The normalized spacial score (nSPS) is 13.4. The summed E-state index contributed by atoms with van der Waals surface area (Å²) in [4.78, 5) is 29.2. The van der Waals surface area contributed by atoms with E-state index in [1.807, 2.05) is 17.5 Å². The number of nitrogens with zero attached hydrogens (tertiary/aromatic N) is 2. The van der Waals surface area contributed by atoms with Gasteiger partial charge in [0.25, 0.3) is 5.56 Å². The van der Waals surface area contributed by atoms with Crippen molar-refractivity contribution >= 4 is 27.3 Å². The lowest BCUT2D eigenvalue weighted by Crippen LogP contribution is -2.14. The molecule has 7 heteroatoms. The lowest BCUT2D eigenvalue weighted by Gasteiger charge is -2.08. The predicted octanol–water partition coefficient (Wildman–Crippen LogP) is 2.93. The van der Waals surface area contributed by atoms with Crippen LogP contribution in [-0.2, 0) is 19.4 Å². The van der Waals surface area contributed by atoms with Crippen molar-refractivity contribution in [1.29, 1.82) is 0 Å². The Morgan fingerprint density at radius 3 is 3.00 bits per heavy atom. The molecular weight excluding hydrogens is 352 g/mol. The summed E-state index contributed by atoms with van der Waals surface area (Å²) < 4.78 is 12.7. The third-order valence-electron chi connectivity index (χ3n) is 4.69. The summed E-state index contributed by atoms with van der Waals surface area (Å²) in [5, 5.41) is 2.79. The first kappa shape index (κ1) is 15.3. The number of aryl methyl sites for hydroxylation is 1. The molecule has 1 aliphatic carbocycles. The quantitative estimate of drug-likeness (QED) is 0.521. The zero-order valence-corrected chi connectivity index (χ0v) is 14.5. The molecule has 0 fully saturated rings. The fourth-order valence-electron chi connectivity index (χ4n) is 3.47. The van der Waals surface area contributed by atoms with Gasteiger partial charge in [-0.1, -0.05) is 0 Å². The maximum atomic E-state index is 12.1. The first-order valence-corrected chi connectivity index (χ1v) is 9.24. The molecule has 6 nitrogen and oxygen atoms in total. The number of aromatic nitrogens is 2. The van der Waals surface area contributed by atoms with E-state index in [4.69, 9.17) is 9.15 Å². The molecule has 0 saturated carbocycles. The molecule has 26 heavy (non-hydrogen) atoms. The van der Waals surface area contributed by atoms with Gasteiger partial charge in [-0.2, -0.15) is 0 Å². The van der Waals surface area contributed by atoms with E-state index in [2.05, 4.69) is 4.98 Å². The van der Waals surface area contributed by atoms with Gasteiger partial charge in [0.15, 0.2) is 4.96 Å². The summed E-state index contributed by atoms with van der Waals surface area (Å²) in [6, 6.07) is 6.99. The third-order valence-corrected chi connectivity index (χ3v) is 5.44. The summed E-state index contributed by atoms with van der Waals surface area (Å²) in [6.07, 6.45) is 4.39. The highest BCUT2D eigenvalue weighted by Gasteiger charge is 2.19. The lowest BCUT2D eigenvalue weighted by molar-refractivity contribution is 0.301. The third kappa shape index (κ3) is 2.43. The van der Waals surface area contributed by atoms with Crippen LogP contribution < -0.4 is 15.9 Å². The van der Waals surface area contributed by atoms with E-state index in [-0.39, 0.29) is 17.8 Å². The van der Waals surface area contributed by atoms with Crippen LogP contribution in [0.5, 0.6) is 5.75 Å². The van der Waals surface area contributed by atoms with Crippen molar-refractivity contribution in [3.63, 3.8) is 0 Å². The van der Waals surface area contributed by atoms with E-state index in [0.717, 1.165) is 35.8 Å². The second-order valence-corrected chi connectivity index (χ2v) is 7.16. The molecule has 130 valence electrons. The highest BCUT2D eigenvalue weighted by atomic mass is 32.1. The van der Waals surface area contributed by atoms with Gasteiger partial charge < -0.3 is 9.15 Å². The second kappa shape index (κ2) is 5.81. The Kier molecular flexibility index (Phi) is 3.43. The fourth-order valence-corrected chi connectivity index (χ4v) is 4.21. The van der Waals surface area contributed by atoms with E-state index in [1.165, 1.54) is 21.8 Å². The molecule has 0 spiro atoms. The Labute approximate surface area is 151 Å². The van der Waals surface area contributed by atoms with Gasteiger partial charge in [-0.05, 0) is 37.0 Å². The average Bonchev–Trinajstić information content (AvgIpc) is 3.29. The molecule has 0 saturated heterocycles. The molecule has 0 atom stereocenters. The summed E-state index contributed by atoms with van der Waals surface area (Å²) in [6.45, 7) is 0.171. The topological polar surface area (TPSA) is 73.8 Å². The monoisotopic (exact) mass is 366 g/mol. The maximum Gasteiger partial charge on any atom is 0.339 e. The number of benzene rings is 1. The van der Waals surface area contributed by atoms with Crippen molar-refractivity contribution in [3.8, 4) is 5.75 Å². The zero-order valence-electron chi connectivity index (χ0n) is 13.7. The maximum absolute atomic E-state index is 12.1. The van der Waals surface area contributed by atoms with Crippen molar-refractivity contribution < 1.29 is 9.15 Å². The molecule has 0 aliphatic heterocycles. The molecule has 0 radical (unpaired) electrons. The molecular formula is C19H14N2O4S. The van der Waals surface area contributed by atoms with Crippen LogP contribution in [0.4, 0.5) is 0 Å². The van der Waals surface area contributed by atoms with Crippen LogP contribution in [0.1, 0.15) is 23.2 Å². The Morgan fingerprint density at radius 1 is 1.19 bits per heavy atom. The van der Waals surface area contributed by atoms with Crippen LogP contribution >= 0.6 is 11.3 Å². The van der Waals surface area contributed by atoms with E-state index < -0.39 is 0 Å². The van der Waals surface area contributed by atoms with Gasteiger partial charge in [0, 0.05) is 34.7 Å². The van der Waals surface area contributed by atoms with Gasteiger partial charge in [-0.15, -0.1) is 11.3 Å². The molecule has 3 aromatic heterocycles. The van der Waals surface area contributed by atoms with Gasteiger partial charge in [0.2, 0.25) is 0 Å². The molecule has 0 N–H and O–H groups in total. The molecule has 0 bridgehead atoms. The first-order valence-electron chi connectivity index (χ1n) is 8.36. The minimum absolute atomic E-state index is 0.130. The molecule has 0 unspecified atom stereocenters. The standard InChI is InChI=1S/C19H14N2O4S/c22-17-8-11(20-19-21(17)6-7-26-19)10-24-12-4-5-14-13-2-1-3-15(13)18(23)25-16(14)9-12/h4-9H,1-3,10H2. The van der Waals surface area contributed by atoms with E-state index in [1.54, 1.807) is 12.3 Å². The SMILES string of the molecule is O=c1oc2cc(OCc3cc(=O)n4ccsc4n3)ccc2c2c1CCC2. The Morgan fingerprint density at radius 2 is 2.08 bits per heavy atom. The van der Waals surface area contributed by atoms with Gasteiger partial charge in [-0.3, -0.25) is 9.20 Å². The molecule has 1 aromatic carbocycles. The summed E-state index contributed by atoms with van der Waals surface area (Å²) >= 11 is 1.40. The molecule has 4 aromatic rings. The van der Waals surface area contributed by atoms with Crippen LogP contribution in [-0.4, -0.2) is 9.38 Å². The van der Waals surface area contributed by atoms with E-state index >= 15 is 0 Å². The van der Waals surface area contributed by atoms with Crippen LogP contribution in [0.3, 0.4) is 0 Å². The number of fused-ring (bicyclic) bond motifs is 4. The minimum atomic E-state index is -0.250. The number of thiazole rings is 1. The van der Waals surface area contributed by atoms with Crippen LogP contribution in [0.15, 0.2) is 49.8 Å². The fraction of sp³-hybridized carbons (Fsp3) is 0.211. The largest absolute Gasteiger partial charge is 0.487 e. The molecule has 5 rings (SSSR count). The van der Waals surface area contributed by atoms with Crippen molar-refractivity contribution in [2.75, 3.05) is 0 Å². The van der Waals surface area contributed by atoms with Crippen molar-refractivity contribution in [1.82, 2.24) is 9.38 Å². The Balaban J connectivity index is 1.46. The van der Waals surface area contributed by atoms with Crippen molar-refractivity contribution in [3.05, 3.63) is 73.4 Å². The van der Waals surface area contributed by atoms with Gasteiger partial charge >= 0.3 is 5.63 Å². The summed E-state index contributed by atoms with van der Waals surface area (Å²) in [7, 11) is 0. The van der Waals surface area contributed by atoms with E-state index in [9.17, 15) is 9.59 Å².